The highest BCUT2D eigenvalue weighted by Crippen LogP contribution is 2.16. The third kappa shape index (κ3) is 4.62. The zero-order valence-corrected chi connectivity index (χ0v) is 13.6. The Morgan fingerprint density at radius 1 is 1.43 bits per heavy atom. The lowest BCUT2D eigenvalue weighted by molar-refractivity contribution is 0.0936. The number of thiophene rings is 1. The van der Waals surface area contributed by atoms with Crippen LogP contribution in [-0.2, 0) is 6.42 Å². The highest BCUT2D eigenvalue weighted by Gasteiger charge is 2.15. The quantitative estimate of drug-likeness (QED) is 0.818. The highest BCUT2D eigenvalue weighted by molar-refractivity contribution is 9.10. The second-order valence-corrected chi connectivity index (χ2v) is 6.41. The Morgan fingerprint density at radius 3 is 2.90 bits per heavy atom. The van der Waals surface area contributed by atoms with E-state index in [1.807, 2.05) is 16.8 Å². The normalized spacial score (nSPS) is 12.1. The van der Waals surface area contributed by atoms with Gasteiger partial charge in [-0.2, -0.15) is 11.3 Å². The van der Waals surface area contributed by atoms with Gasteiger partial charge in [-0.3, -0.25) is 4.79 Å². The van der Waals surface area contributed by atoms with Crippen LogP contribution in [0.5, 0.6) is 0 Å². The molecule has 0 unspecified atom stereocenters. The molecule has 0 saturated carbocycles. The Labute approximate surface area is 134 Å². The van der Waals surface area contributed by atoms with Gasteiger partial charge in [-0.1, -0.05) is 15.9 Å². The topological polar surface area (TPSA) is 49.3 Å². The van der Waals surface area contributed by atoms with Crippen molar-refractivity contribution in [3.05, 3.63) is 56.4 Å². The summed E-state index contributed by atoms with van der Waals surface area (Å²) in [6.45, 7) is 0.272. The van der Waals surface area contributed by atoms with E-state index in [9.17, 15) is 14.3 Å². The van der Waals surface area contributed by atoms with Crippen molar-refractivity contribution in [2.45, 2.75) is 6.42 Å². The van der Waals surface area contributed by atoms with E-state index in [4.69, 9.17) is 0 Å². The van der Waals surface area contributed by atoms with Crippen LogP contribution >= 0.6 is 27.3 Å². The van der Waals surface area contributed by atoms with Crippen LogP contribution in [0, 0.1) is 11.7 Å². The van der Waals surface area contributed by atoms with Crippen molar-refractivity contribution >= 4 is 33.2 Å². The SMILES string of the molecule is O=C(NC[C@@H](CO)Cc1ccsc1)c1cc(Br)ccc1F. The fourth-order valence-corrected chi connectivity index (χ4v) is 2.99. The summed E-state index contributed by atoms with van der Waals surface area (Å²) in [5.74, 6) is -1.12. The van der Waals surface area contributed by atoms with Crippen molar-refractivity contribution in [1.82, 2.24) is 5.32 Å². The number of hydrogen-bond acceptors (Lipinski definition) is 3. The third-order valence-corrected chi connectivity index (χ3v) is 4.31. The van der Waals surface area contributed by atoms with Gasteiger partial charge in [-0.25, -0.2) is 4.39 Å². The summed E-state index contributed by atoms with van der Waals surface area (Å²) in [7, 11) is 0. The lowest BCUT2D eigenvalue weighted by atomic mass is 10.0. The Bertz CT molecular complexity index is 604. The molecule has 0 spiro atoms. The number of benzene rings is 1. The molecule has 112 valence electrons. The number of nitrogens with one attached hydrogen (secondary N) is 1. The molecule has 0 aliphatic rings. The summed E-state index contributed by atoms with van der Waals surface area (Å²) in [4.78, 5) is 12.0. The lowest BCUT2D eigenvalue weighted by Gasteiger charge is -2.14. The molecular weight excluding hydrogens is 357 g/mol. The molecule has 0 fully saturated rings. The average Bonchev–Trinajstić information content (AvgIpc) is 2.98. The van der Waals surface area contributed by atoms with Gasteiger partial charge in [0.1, 0.15) is 5.82 Å². The second-order valence-electron chi connectivity index (χ2n) is 4.72. The largest absolute Gasteiger partial charge is 0.396 e. The molecule has 1 amide bonds. The van der Waals surface area contributed by atoms with E-state index in [2.05, 4.69) is 21.2 Å². The van der Waals surface area contributed by atoms with Crippen LogP contribution in [0.15, 0.2) is 39.5 Å². The van der Waals surface area contributed by atoms with Gasteiger partial charge in [0.15, 0.2) is 0 Å². The Kier molecular flexibility index (Phi) is 5.90. The molecule has 1 heterocycles. The Hall–Kier alpha value is -1.24. The fraction of sp³-hybridized carbons (Fsp3) is 0.267. The van der Waals surface area contributed by atoms with Gasteiger partial charge in [-0.15, -0.1) is 0 Å². The minimum absolute atomic E-state index is 0.00315. The van der Waals surface area contributed by atoms with Gasteiger partial charge in [0.05, 0.1) is 5.56 Å². The lowest BCUT2D eigenvalue weighted by Crippen LogP contribution is -2.32. The fourth-order valence-electron chi connectivity index (χ4n) is 1.95. The molecule has 2 rings (SSSR count). The van der Waals surface area contributed by atoms with Crippen molar-refractivity contribution in [3.63, 3.8) is 0 Å². The van der Waals surface area contributed by atoms with Crippen LogP contribution in [0.2, 0.25) is 0 Å². The maximum absolute atomic E-state index is 13.6. The molecule has 6 heteroatoms. The number of rotatable bonds is 6. The van der Waals surface area contributed by atoms with Gasteiger partial charge < -0.3 is 10.4 Å². The van der Waals surface area contributed by atoms with Gasteiger partial charge in [-0.05, 0) is 47.0 Å². The zero-order chi connectivity index (χ0) is 15.2. The second kappa shape index (κ2) is 7.68. The first-order valence-electron chi connectivity index (χ1n) is 6.45. The van der Waals surface area contributed by atoms with Gasteiger partial charge in [0, 0.05) is 23.5 Å². The monoisotopic (exact) mass is 371 g/mol. The molecule has 0 bridgehead atoms. The number of carbonyl (C=O) groups is 1. The number of hydrogen-bond donors (Lipinski definition) is 2. The van der Waals surface area contributed by atoms with Crippen LogP contribution in [0.4, 0.5) is 4.39 Å². The van der Waals surface area contributed by atoms with Crippen LogP contribution < -0.4 is 5.32 Å². The summed E-state index contributed by atoms with van der Waals surface area (Å²) in [6, 6.07) is 6.22. The summed E-state index contributed by atoms with van der Waals surface area (Å²) in [5, 5.41) is 16.0. The predicted octanol–water partition coefficient (Wildman–Crippen LogP) is 3.23. The summed E-state index contributed by atoms with van der Waals surface area (Å²) in [6.07, 6.45) is 0.682. The Balaban J connectivity index is 1.94. The van der Waals surface area contributed by atoms with E-state index >= 15 is 0 Å². The van der Waals surface area contributed by atoms with E-state index < -0.39 is 11.7 Å². The van der Waals surface area contributed by atoms with Gasteiger partial charge in [0.2, 0.25) is 0 Å². The van der Waals surface area contributed by atoms with Crippen LogP contribution in [0.25, 0.3) is 0 Å². The van der Waals surface area contributed by atoms with Crippen molar-refractivity contribution in [2.24, 2.45) is 5.92 Å². The molecule has 0 saturated heterocycles. The van der Waals surface area contributed by atoms with Gasteiger partial charge >= 0.3 is 0 Å². The van der Waals surface area contributed by atoms with Crippen molar-refractivity contribution in [2.75, 3.05) is 13.2 Å². The third-order valence-electron chi connectivity index (χ3n) is 3.09. The molecule has 3 nitrogen and oxygen atoms in total. The first-order valence-corrected chi connectivity index (χ1v) is 8.19. The number of carbonyl (C=O) groups excluding carboxylic acids is 1. The predicted molar refractivity (Wildman–Crippen MR) is 85.0 cm³/mol. The zero-order valence-electron chi connectivity index (χ0n) is 11.2. The molecule has 2 aromatic rings. The molecule has 21 heavy (non-hydrogen) atoms. The number of halogens is 2. The van der Waals surface area contributed by atoms with Crippen LogP contribution in [0.1, 0.15) is 15.9 Å². The minimum atomic E-state index is -0.561. The molecule has 1 atom stereocenters. The summed E-state index contributed by atoms with van der Waals surface area (Å²) in [5.41, 5.74) is 1.12. The molecule has 0 aliphatic carbocycles. The number of amides is 1. The van der Waals surface area contributed by atoms with E-state index in [0.717, 1.165) is 5.56 Å². The van der Waals surface area contributed by atoms with Gasteiger partial charge in [0.25, 0.3) is 5.91 Å². The molecule has 1 aromatic heterocycles. The summed E-state index contributed by atoms with van der Waals surface area (Å²) < 4.78 is 14.2. The Morgan fingerprint density at radius 2 is 2.24 bits per heavy atom. The van der Waals surface area contributed by atoms with Crippen LogP contribution in [-0.4, -0.2) is 24.2 Å². The summed E-state index contributed by atoms with van der Waals surface area (Å²) >= 11 is 4.81. The average molecular weight is 372 g/mol. The molecular formula is C15H15BrFNO2S. The smallest absolute Gasteiger partial charge is 0.254 e. The van der Waals surface area contributed by atoms with Crippen LogP contribution in [0.3, 0.4) is 0 Å². The maximum atomic E-state index is 13.6. The highest BCUT2D eigenvalue weighted by atomic mass is 79.9. The standard InChI is InChI=1S/C15H15BrFNO2S/c16-12-1-2-14(17)13(6-12)15(20)18-7-11(8-19)5-10-3-4-21-9-10/h1-4,6,9,11,19H,5,7-8H2,(H,18,20)/t11-/m0/s1. The van der Waals surface area contributed by atoms with Crippen molar-refractivity contribution in [1.29, 1.82) is 0 Å². The maximum Gasteiger partial charge on any atom is 0.254 e. The van der Waals surface area contributed by atoms with E-state index in [1.54, 1.807) is 17.4 Å². The number of aliphatic hydroxyl groups excluding tert-OH is 1. The van der Waals surface area contributed by atoms with E-state index in [-0.39, 0.29) is 18.1 Å². The van der Waals surface area contributed by atoms with Crippen molar-refractivity contribution < 1.29 is 14.3 Å². The first kappa shape index (κ1) is 16.1. The molecule has 0 radical (unpaired) electrons. The first-order chi connectivity index (χ1) is 10.1. The molecule has 0 aliphatic heterocycles. The molecule has 1 aromatic carbocycles. The number of aliphatic hydroxyl groups is 1. The minimum Gasteiger partial charge on any atom is -0.396 e. The van der Waals surface area contributed by atoms with E-state index in [0.29, 0.717) is 17.4 Å². The van der Waals surface area contributed by atoms with E-state index in [1.165, 1.54) is 12.1 Å². The van der Waals surface area contributed by atoms with Crippen molar-refractivity contribution in [3.8, 4) is 0 Å². The molecule has 2 N–H and O–H groups in total.